The van der Waals surface area contributed by atoms with E-state index in [-0.39, 0.29) is 25.2 Å². The number of rotatable bonds is 8. The van der Waals surface area contributed by atoms with Gasteiger partial charge < -0.3 is 25.5 Å². The molecule has 0 radical (unpaired) electrons. The number of aliphatic carboxylic acids is 2. The molecule has 0 aromatic carbocycles. The van der Waals surface area contributed by atoms with Crippen molar-refractivity contribution in [1.29, 1.82) is 0 Å². The van der Waals surface area contributed by atoms with Crippen LogP contribution in [0.15, 0.2) is 0 Å². The van der Waals surface area contributed by atoms with Gasteiger partial charge in [-0.15, -0.1) is 0 Å². The van der Waals surface area contributed by atoms with Crippen LogP contribution in [-0.4, -0.2) is 68.7 Å². The van der Waals surface area contributed by atoms with Crippen LogP contribution in [0.4, 0.5) is 0 Å². The van der Waals surface area contributed by atoms with E-state index in [4.69, 9.17) is 10.2 Å². The van der Waals surface area contributed by atoms with Crippen molar-refractivity contribution in [2.45, 2.75) is 57.2 Å². The van der Waals surface area contributed by atoms with Crippen LogP contribution in [0.2, 0.25) is 0 Å². The van der Waals surface area contributed by atoms with Crippen LogP contribution in [0.25, 0.3) is 0 Å². The number of hydrogen-bond acceptors (Lipinski definition) is 5. The molecule has 1 aliphatic heterocycles. The SMILES string of the molecule is CC(O)CC(=O)N1CCC[C@H]1C(=O)N[C@@H](CCC(=O)O)C(=O)O. The number of carbonyl (C=O) groups excluding carboxylic acids is 2. The highest BCUT2D eigenvalue weighted by molar-refractivity contribution is 5.91. The van der Waals surface area contributed by atoms with Crippen molar-refractivity contribution in [3.05, 3.63) is 0 Å². The van der Waals surface area contributed by atoms with Gasteiger partial charge in [-0.25, -0.2) is 4.79 Å². The Morgan fingerprint density at radius 1 is 1.26 bits per heavy atom. The van der Waals surface area contributed by atoms with Crippen LogP contribution >= 0.6 is 0 Å². The molecule has 1 heterocycles. The van der Waals surface area contributed by atoms with Crippen LogP contribution in [0.5, 0.6) is 0 Å². The van der Waals surface area contributed by atoms with E-state index >= 15 is 0 Å². The first-order chi connectivity index (χ1) is 10.7. The molecule has 0 aliphatic carbocycles. The molecule has 0 saturated carbocycles. The van der Waals surface area contributed by atoms with Crippen LogP contribution in [-0.2, 0) is 19.2 Å². The van der Waals surface area contributed by atoms with Gasteiger partial charge in [0.15, 0.2) is 0 Å². The number of aliphatic hydroxyl groups excluding tert-OH is 1. The zero-order chi connectivity index (χ0) is 17.6. The van der Waals surface area contributed by atoms with E-state index in [0.29, 0.717) is 19.4 Å². The summed E-state index contributed by atoms with van der Waals surface area (Å²) in [6.45, 7) is 1.84. The molecule has 3 atom stereocenters. The van der Waals surface area contributed by atoms with E-state index in [9.17, 15) is 24.3 Å². The van der Waals surface area contributed by atoms with Crippen molar-refractivity contribution in [1.82, 2.24) is 10.2 Å². The van der Waals surface area contributed by atoms with Crippen LogP contribution in [0.3, 0.4) is 0 Å². The predicted molar refractivity (Wildman–Crippen MR) is 77.5 cm³/mol. The second-order valence-electron chi connectivity index (χ2n) is 5.63. The van der Waals surface area contributed by atoms with E-state index in [2.05, 4.69) is 5.32 Å². The minimum Gasteiger partial charge on any atom is -0.481 e. The number of hydrogen-bond donors (Lipinski definition) is 4. The van der Waals surface area contributed by atoms with Crippen LogP contribution < -0.4 is 5.32 Å². The fraction of sp³-hybridized carbons (Fsp3) is 0.714. The van der Waals surface area contributed by atoms with Gasteiger partial charge >= 0.3 is 11.9 Å². The summed E-state index contributed by atoms with van der Waals surface area (Å²) in [5.74, 6) is -3.45. The predicted octanol–water partition coefficient (Wildman–Crippen LogP) is -0.817. The lowest BCUT2D eigenvalue weighted by Gasteiger charge is -2.26. The van der Waals surface area contributed by atoms with E-state index in [0.717, 1.165) is 0 Å². The summed E-state index contributed by atoms with van der Waals surface area (Å²) in [4.78, 5) is 47.2. The second-order valence-corrected chi connectivity index (χ2v) is 5.63. The van der Waals surface area contributed by atoms with Gasteiger partial charge in [-0.3, -0.25) is 14.4 Å². The molecule has 1 saturated heterocycles. The quantitative estimate of drug-likeness (QED) is 0.455. The molecule has 1 rings (SSSR count). The largest absolute Gasteiger partial charge is 0.481 e. The number of amides is 2. The molecule has 0 aromatic rings. The summed E-state index contributed by atoms with van der Waals surface area (Å²) in [5, 5.41) is 29.2. The van der Waals surface area contributed by atoms with Crippen molar-refractivity contribution in [2.75, 3.05) is 6.54 Å². The van der Waals surface area contributed by atoms with E-state index in [1.807, 2.05) is 0 Å². The van der Waals surface area contributed by atoms with Crippen LogP contribution in [0.1, 0.15) is 39.0 Å². The van der Waals surface area contributed by atoms with Gasteiger partial charge in [-0.2, -0.15) is 0 Å². The minimum absolute atomic E-state index is 0.106. The number of nitrogens with zero attached hydrogens (tertiary/aromatic N) is 1. The Morgan fingerprint density at radius 2 is 1.91 bits per heavy atom. The molecule has 23 heavy (non-hydrogen) atoms. The minimum atomic E-state index is -1.32. The second kappa shape index (κ2) is 8.47. The summed E-state index contributed by atoms with van der Waals surface area (Å²) < 4.78 is 0. The highest BCUT2D eigenvalue weighted by Gasteiger charge is 2.35. The monoisotopic (exact) mass is 330 g/mol. The van der Waals surface area contributed by atoms with Crippen molar-refractivity contribution in [2.24, 2.45) is 0 Å². The van der Waals surface area contributed by atoms with E-state index < -0.39 is 36.0 Å². The van der Waals surface area contributed by atoms with Gasteiger partial charge in [-0.05, 0) is 26.2 Å². The van der Waals surface area contributed by atoms with Gasteiger partial charge in [0.2, 0.25) is 11.8 Å². The van der Waals surface area contributed by atoms with Gasteiger partial charge in [0.25, 0.3) is 0 Å². The van der Waals surface area contributed by atoms with Gasteiger partial charge in [0, 0.05) is 13.0 Å². The first-order valence-corrected chi connectivity index (χ1v) is 7.45. The Bertz CT molecular complexity index is 478. The van der Waals surface area contributed by atoms with Gasteiger partial charge in [0.05, 0.1) is 12.5 Å². The smallest absolute Gasteiger partial charge is 0.326 e. The fourth-order valence-corrected chi connectivity index (χ4v) is 2.50. The third-order valence-corrected chi connectivity index (χ3v) is 3.61. The number of aliphatic hydroxyl groups is 1. The number of nitrogens with one attached hydrogen (secondary N) is 1. The van der Waals surface area contributed by atoms with Crippen molar-refractivity contribution in [3.63, 3.8) is 0 Å². The van der Waals surface area contributed by atoms with Gasteiger partial charge in [-0.1, -0.05) is 0 Å². The molecule has 4 N–H and O–H groups in total. The van der Waals surface area contributed by atoms with E-state index in [1.165, 1.54) is 11.8 Å². The first kappa shape index (κ1) is 18.9. The zero-order valence-electron chi connectivity index (χ0n) is 12.9. The molecule has 0 aromatic heterocycles. The third-order valence-electron chi connectivity index (χ3n) is 3.61. The maximum Gasteiger partial charge on any atom is 0.326 e. The molecule has 130 valence electrons. The topological polar surface area (TPSA) is 144 Å². The number of carbonyl (C=O) groups is 4. The van der Waals surface area contributed by atoms with E-state index in [1.54, 1.807) is 0 Å². The summed E-state index contributed by atoms with van der Waals surface area (Å²) in [6.07, 6.45) is -0.532. The average molecular weight is 330 g/mol. The van der Waals surface area contributed by atoms with Crippen molar-refractivity contribution >= 4 is 23.8 Å². The highest BCUT2D eigenvalue weighted by atomic mass is 16.4. The maximum atomic E-state index is 12.2. The molecule has 0 bridgehead atoms. The lowest BCUT2D eigenvalue weighted by Crippen LogP contribution is -2.51. The first-order valence-electron chi connectivity index (χ1n) is 7.45. The Balaban J connectivity index is 2.68. The lowest BCUT2D eigenvalue weighted by molar-refractivity contribution is -0.144. The Kier molecular flexibility index (Phi) is 6.95. The summed E-state index contributed by atoms with van der Waals surface area (Å²) >= 11 is 0. The number of carboxylic acid groups (broad SMARTS) is 2. The van der Waals surface area contributed by atoms with Crippen LogP contribution in [0, 0.1) is 0 Å². The van der Waals surface area contributed by atoms with Crippen molar-refractivity contribution in [3.8, 4) is 0 Å². The Hall–Kier alpha value is -2.16. The molecular weight excluding hydrogens is 308 g/mol. The number of likely N-dealkylation sites (tertiary alicyclic amines) is 1. The molecule has 2 amide bonds. The fourth-order valence-electron chi connectivity index (χ4n) is 2.50. The Morgan fingerprint density at radius 3 is 2.43 bits per heavy atom. The van der Waals surface area contributed by atoms with Gasteiger partial charge in [0.1, 0.15) is 12.1 Å². The molecular formula is C14H22N2O7. The summed E-state index contributed by atoms with van der Waals surface area (Å²) in [7, 11) is 0. The average Bonchev–Trinajstić information content (AvgIpc) is 2.91. The normalized spacial score (nSPS) is 19.9. The molecule has 0 spiro atoms. The Labute approximate surface area is 133 Å². The standard InChI is InChI=1S/C14H22N2O7/c1-8(17)7-11(18)16-6-2-3-10(16)13(21)15-9(14(22)23)4-5-12(19)20/h8-10,17H,2-7H2,1H3,(H,15,21)(H,19,20)(H,22,23)/t8?,9-,10-/m0/s1. The number of carboxylic acids is 2. The summed E-state index contributed by atoms with van der Waals surface area (Å²) in [6, 6.07) is -2.10. The maximum absolute atomic E-state index is 12.2. The highest BCUT2D eigenvalue weighted by Crippen LogP contribution is 2.19. The molecule has 1 unspecified atom stereocenters. The van der Waals surface area contributed by atoms with Crippen molar-refractivity contribution < 1.29 is 34.5 Å². The molecule has 9 heteroatoms. The third kappa shape index (κ3) is 5.85. The summed E-state index contributed by atoms with van der Waals surface area (Å²) in [5.41, 5.74) is 0. The molecule has 1 fully saturated rings. The molecule has 9 nitrogen and oxygen atoms in total. The molecule has 1 aliphatic rings. The zero-order valence-corrected chi connectivity index (χ0v) is 12.9. The lowest BCUT2D eigenvalue weighted by atomic mass is 10.1.